The van der Waals surface area contributed by atoms with E-state index in [1.807, 2.05) is 5.38 Å². The highest BCUT2D eigenvalue weighted by molar-refractivity contribution is 7.09. The quantitative estimate of drug-likeness (QED) is 0.842. The van der Waals surface area contributed by atoms with E-state index in [4.69, 9.17) is 4.74 Å². The van der Waals surface area contributed by atoms with Gasteiger partial charge < -0.3 is 15.2 Å². The van der Waals surface area contributed by atoms with Crippen LogP contribution in [-0.2, 0) is 16.6 Å². The van der Waals surface area contributed by atoms with E-state index in [0.717, 1.165) is 22.0 Å². The Kier molecular flexibility index (Phi) is 5.96. The van der Waals surface area contributed by atoms with Gasteiger partial charge in [0.15, 0.2) is 0 Å². The van der Waals surface area contributed by atoms with Gasteiger partial charge >= 0.3 is 0 Å². The fraction of sp³-hybridized carbons (Fsp3) is 0.444. The number of ether oxygens (including phenoxy) is 1. The van der Waals surface area contributed by atoms with Crippen molar-refractivity contribution in [2.45, 2.75) is 38.7 Å². The van der Waals surface area contributed by atoms with Gasteiger partial charge in [0.25, 0.3) is 0 Å². The smallest absolute Gasteiger partial charge is 0.226 e. The zero-order valence-electron chi connectivity index (χ0n) is 14.5. The molecule has 0 bridgehead atoms. The molecule has 24 heavy (non-hydrogen) atoms. The van der Waals surface area contributed by atoms with Gasteiger partial charge in [-0.1, -0.05) is 32.9 Å². The van der Waals surface area contributed by atoms with Crippen molar-refractivity contribution in [2.75, 3.05) is 13.7 Å². The monoisotopic (exact) mass is 348 g/mol. The van der Waals surface area contributed by atoms with Crippen molar-refractivity contribution in [2.24, 2.45) is 0 Å². The lowest BCUT2D eigenvalue weighted by Gasteiger charge is -2.14. The molecule has 2 N–H and O–H groups in total. The standard InChI is InChI=1S/C18H24N2O3S/c1-18(2,3)17-20-13(11-24-17)9-16(22)19-10-15(21)12-5-7-14(23-4)8-6-12/h5-8,11,15,21H,9-10H2,1-4H3,(H,19,22)/t15-/m0/s1. The van der Waals surface area contributed by atoms with Crippen molar-refractivity contribution in [1.29, 1.82) is 0 Å². The van der Waals surface area contributed by atoms with Crippen molar-refractivity contribution < 1.29 is 14.6 Å². The second-order valence-corrected chi connectivity index (χ2v) is 7.52. The number of aliphatic hydroxyl groups is 1. The second-order valence-electron chi connectivity index (χ2n) is 6.66. The molecule has 0 aliphatic carbocycles. The van der Waals surface area contributed by atoms with E-state index in [1.165, 1.54) is 0 Å². The van der Waals surface area contributed by atoms with Gasteiger partial charge in [-0.3, -0.25) is 4.79 Å². The highest BCUT2D eigenvalue weighted by Crippen LogP contribution is 2.25. The normalized spacial score (nSPS) is 12.7. The first kappa shape index (κ1) is 18.4. The lowest BCUT2D eigenvalue weighted by Crippen LogP contribution is -2.29. The average molecular weight is 348 g/mol. The van der Waals surface area contributed by atoms with Gasteiger partial charge in [-0.05, 0) is 17.7 Å². The Balaban J connectivity index is 1.85. The lowest BCUT2D eigenvalue weighted by molar-refractivity contribution is -0.120. The van der Waals surface area contributed by atoms with Crippen LogP contribution in [0.2, 0.25) is 0 Å². The molecule has 2 aromatic rings. The first-order chi connectivity index (χ1) is 11.3. The highest BCUT2D eigenvalue weighted by Gasteiger charge is 2.19. The Morgan fingerprint density at radius 1 is 1.33 bits per heavy atom. The summed E-state index contributed by atoms with van der Waals surface area (Å²) in [7, 11) is 1.59. The largest absolute Gasteiger partial charge is 0.497 e. The molecule has 6 heteroatoms. The van der Waals surface area contributed by atoms with E-state index in [0.29, 0.717) is 0 Å². The molecule has 0 spiro atoms. The van der Waals surface area contributed by atoms with Crippen LogP contribution in [-0.4, -0.2) is 29.7 Å². The molecule has 0 saturated heterocycles. The maximum atomic E-state index is 12.0. The third-order valence-corrected chi connectivity index (χ3v) is 4.85. The predicted molar refractivity (Wildman–Crippen MR) is 95.5 cm³/mol. The van der Waals surface area contributed by atoms with Crippen LogP contribution in [0.5, 0.6) is 5.75 Å². The Morgan fingerprint density at radius 3 is 2.54 bits per heavy atom. The number of methoxy groups -OCH3 is 1. The summed E-state index contributed by atoms with van der Waals surface area (Å²) in [6.45, 7) is 6.46. The number of carbonyl (C=O) groups excluding carboxylic acids is 1. The Hall–Kier alpha value is -1.92. The second kappa shape index (κ2) is 7.77. The lowest BCUT2D eigenvalue weighted by atomic mass is 9.98. The molecular formula is C18H24N2O3S. The van der Waals surface area contributed by atoms with Crippen molar-refractivity contribution >= 4 is 17.2 Å². The number of aliphatic hydroxyl groups excluding tert-OH is 1. The highest BCUT2D eigenvalue weighted by atomic mass is 32.1. The summed E-state index contributed by atoms with van der Waals surface area (Å²) in [5.74, 6) is 0.585. The van der Waals surface area contributed by atoms with E-state index >= 15 is 0 Å². The van der Waals surface area contributed by atoms with Crippen LogP contribution in [0.4, 0.5) is 0 Å². The van der Waals surface area contributed by atoms with Crippen molar-refractivity contribution in [3.8, 4) is 5.75 Å². The average Bonchev–Trinajstić information content (AvgIpc) is 3.01. The van der Waals surface area contributed by atoms with Gasteiger partial charge in [-0.2, -0.15) is 0 Å². The zero-order valence-corrected chi connectivity index (χ0v) is 15.3. The van der Waals surface area contributed by atoms with Gasteiger partial charge in [0, 0.05) is 17.3 Å². The number of nitrogens with zero attached hydrogens (tertiary/aromatic N) is 1. The van der Waals surface area contributed by atoms with Crippen LogP contribution < -0.4 is 10.1 Å². The zero-order chi connectivity index (χ0) is 17.7. The van der Waals surface area contributed by atoms with Crippen molar-refractivity contribution in [1.82, 2.24) is 10.3 Å². The van der Waals surface area contributed by atoms with Crippen LogP contribution in [0.25, 0.3) is 0 Å². The Labute approximate surface area is 146 Å². The molecule has 1 aromatic carbocycles. The molecule has 1 aromatic heterocycles. The summed E-state index contributed by atoms with van der Waals surface area (Å²) >= 11 is 1.57. The predicted octanol–water partition coefficient (Wildman–Crippen LogP) is 2.84. The maximum Gasteiger partial charge on any atom is 0.226 e. The minimum atomic E-state index is -0.750. The number of hydrogen-bond donors (Lipinski definition) is 2. The number of thiazole rings is 1. The molecule has 0 unspecified atom stereocenters. The van der Waals surface area contributed by atoms with Gasteiger partial charge in [0.05, 0.1) is 30.3 Å². The van der Waals surface area contributed by atoms with E-state index < -0.39 is 6.10 Å². The van der Waals surface area contributed by atoms with Crippen LogP contribution in [0.15, 0.2) is 29.6 Å². The fourth-order valence-corrected chi connectivity index (χ4v) is 3.02. The van der Waals surface area contributed by atoms with Crippen LogP contribution >= 0.6 is 11.3 Å². The molecule has 0 fully saturated rings. The number of rotatable bonds is 6. The van der Waals surface area contributed by atoms with Gasteiger partial charge in [0.2, 0.25) is 5.91 Å². The molecule has 5 nitrogen and oxygen atoms in total. The summed E-state index contributed by atoms with van der Waals surface area (Å²) < 4.78 is 5.08. The van der Waals surface area contributed by atoms with E-state index in [9.17, 15) is 9.90 Å². The van der Waals surface area contributed by atoms with E-state index in [2.05, 4.69) is 31.1 Å². The molecule has 0 aliphatic heterocycles. The number of aromatic nitrogens is 1. The summed E-state index contributed by atoms with van der Waals surface area (Å²) in [6, 6.07) is 7.13. The SMILES string of the molecule is COc1ccc([C@@H](O)CNC(=O)Cc2csc(C(C)(C)C)n2)cc1. The van der Waals surface area contributed by atoms with Gasteiger partial charge in [0.1, 0.15) is 5.75 Å². The number of benzene rings is 1. The third-order valence-electron chi connectivity index (χ3n) is 3.53. The van der Waals surface area contributed by atoms with E-state index in [1.54, 1.807) is 42.7 Å². The number of hydrogen-bond acceptors (Lipinski definition) is 5. The van der Waals surface area contributed by atoms with Crippen LogP contribution in [0, 0.1) is 0 Å². The first-order valence-electron chi connectivity index (χ1n) is 7.83. The Morgan fingerprint density at radius 2 is 2.00 bits per heavy atom. The molecular weight excluding hydrogens is 324 g/mol. The van der Waals surface area contributed by atoms with Crippen molar-refractivity contribution in [3.05, 3.63) is 45.9 Å². The first-order valence-corrected chi connectivity index (χ1v) is 8.71. The number of carbonyl (C=O) groups is 1. The number of nitrogens with one attached hydrogen (secondary N) is 1. The summed E-state index contributed by atoms with van der Waals surface area (Å²) in [5.41, 5.74) is 1.49. The van der Waals surface area contributed by atoms with Crippen LogP contribution in [0.3, 0.4) is 0 Å². The maximum absolute atomic E-state index is 12.0. The van der Waals surface area contributed by atoms with Crippen molar-refractivity contribution in [3.63, 3.8) is 0 Å². The van der Waals surface area contributed by atoms with Crippen LogP contribution in [0.1, 0.15) is 43.1 Å². The summed E-state index contributed by atoms with van der Waals surface area (Å²) in [5, 5.41) is 15.8. The molecule has 0 saturated carbocycles. The Bertz CT molecular complexity index is 674. The summed E-state index contributed by atoms with van der Waals surface area (Å²) in [6.07, 6.45) is -0.525. The molecule has 2 rings (SSSR count). The third kappa shape index (κ3) is 5.04. The van der Waals surface area contributed by atoms with Gasteiger partial charge in [-0.25, -0.2) is 4.98 Å². The molecule has 1 atom stereocenters. The minimum absolute atomic E-state index is 0.00997. The van der Waals surface area contributed by atoms with Gasteiger partial charge in [-0.15, -0.1) is 11.3 Å². The fourth-order valence-electron chi connectivity index (χ4n) is 2.11. The van der Waals surface area contributed by atoms with E-state index in [-0.39, 0.29) is 24.3 Å². The topological polar surface area (TPSA) is 71.5 Å². The molecule has 0 radical (unpaired) electrons. The number of amides is 1. The molecule has 0 aliphatic rings. The molecule has 1 amide bonds. The molecule has 1 heterocycles. The molecule has 130 valence electrons. The summed E-state index contributed by atoms with van der Waals surface area (Å²) in [4.78, 5) is 16.5. The minimum Gasteiger partial charge on any atom is -0.497 e.